The van der Waals surface area contributed by atoms with E-state index in [0.29, 0.717) is 35.3 Å². The zero-order valence-electron chi connectivity index (χ0n) is 16.8. The van der Waals surface area contributed by atoms with Crippen LogP contribution in [0, 0.1) is 5.92 Å². The second-order valence-corrected chi connectivity index (χ2v) is 7.14. The van der Waals surface area contributed by atoms with Crippen LogP contribution >= 0.6 is 0 Å². The summed E-state index contributed by atoms with van der Waals surface area (Å²) < 4.78 is 11.3. The Balaban J connectivity index is 1.81. The van der Waals surface area contributed by atoms with Crippen LogP contribution in [0.25, 0.3) is 6.08 Å². The van der Waals surface area contributed by atoms with Crippen LogP contribution in [0.4, 0.5) is 5.69 Å². The number of nitrogens with zero attached hydrogens (tertiary/aromatic N) is 2. The second-order valence-electron chi connectivity index (χ2n) is 7.14. The summed E-state index contributed by atoms with van der Waals surface area (Å²) in [5, 5.41) is 5.84. The third kappa shape index (κ3) is 4.42. The van der Waals surface area contributed by atoms with Gasteiger partial charge in [0, 0.05) is 0 Å². The molecule has 0 radical (unpaired) electrons. The Morgan fingerprint density at radius 3 is 2.54 bits per heavy atom. The van der Waals surface area contributed by atoms with Gasteiger partial charge in [0.1, 0.15) is 0 Å². The minimum Gasteiger partial charge on any atom is -0.493 e. The van der Waals surface area contributed by atoms with Crippen molar-refractivity contribution in [1.29, 1.82) is 0 Å². The molecule has 0 bridgehead atoms. The van der Waals surface area contributed by atoms with Gasteiger partial charge in [-0.1, -0.05) is 38.1 Å². The quantitative estimate of drug-likeness (QED) is 0.642. The summed E-state index contributed by atoms with van der Waals surface area (Å²) in [4.78, 5) is 12.8. The fourth-order valence-electron chi connectivity index (χ4n) is 2.89. The van der Waals surface area contributed by atoms with E-state index in [0.717, 1.165) is 17.7 Å². The van der Waals surface area contributed by atoms with E-state index >= 15 is 0 Å². The molecule has 2 aromatic carbocycles. The molecule has 0 saturated heterocycles. The molecule has 1 aliphatic heterocycles. The standard InChI is InChI=1S/C23H26N2O3/c1-16(2)12-13-28-21-11-10-18(15-22(21)27-4)14-20-17(3)24-25(23(20)26)19-8-6-5-7-9-19/h5-11,14-16H,12-13H2,1-4H3. The van der Waals surface area contributed by atoms with Gasteiger partial charge in [0.25, 0.3) is 5.91 Å². The van der Waals surface area contributed by atoms with Crippen molar-refractivity contribution in [3.8, 4) is 11.5 Å². The molecule has 0 spiro atoms. The Hall–Kier alpha value is -3.08. The van der Waals surface area contributed by atoms with Crippen molar-refractivity contribution in [2.75, 3.05) is 18.7 Å². The van der Waals surface area contributed by atoms with Gasteiger partial charge >= 0.3 is 0 Å². The molecule has 0 fully saturated rings. The Morgan fingerprint density at radius 2 is 1.86 bits per heavy atom. The number of carbonyl (C=O) groups excluding carboxylic acids is 1. The van der Waals surface area contributed by atoms with E-state index in [1.807, 2.05) is 61.5 Å². The van der Waals surface area contributed by atoms with Crippen molar-refractivity contribution in [1.82, 2.24) is 0 Å². The summed E-state index contributed by atoms with van der Waals surface area (Å²) in [6.45, 7) is 6.81. The van der Waals surface area contributed by atoms with Crippen molar-refractivity contribution in [3.05, 3.63) is 59.7 Å². The summed E-state index contributed by atoms with van der Waals surface area (Å²) in [6, 6.07) is 15.1. The van der Waals surface area contributed by atoms with Gasteiger partial charge in [-0.25, -0.2) is 0 Å². The first-order valence-electron chi connectivity index (χ1n) is 9.47. The van der Waals surface area contributed by atoms with Gasteiger partial charge in [-0.15, -0.1) is 0 Å². The first-order valence-corrected chi connectivity index (χ1v) is 9.47. The maximum Gasteiger partial charge on any atom is 0.280 e. The molecule has 0 aliphatic carbocycles. The van der Waals surface area contributed by atoms with Crippen molar-refractivity contribution in [3.63, 3.8) is 0 Å². The van der Waals surface area contributed by atoms with Crippen molar-refractivity contribution in [2.45, 2.75) is 27.2 Å². The molecule has 0 atom stereocenters. The summed E-state index contributed by atoms with van der Waals surface area (Å²) in [6.07, 6.45) is 2.82. The summed E-state index contributed by atoms with van der Waals surface area (Å²) >= 11 is 0. The third-order valence-electron chi connectivity index (χ3n) is 4.51. The molecule has 1 heterocycles. The largest absolute Gasteiger partial charge is 0.493 e. The number of benzene rings is 2. The van der Waals surface area contributed by atoms with Crippen LogP contribution in [0.1, 0.15) is 32.8 Å². The molecule has 5 nitrogen and oxygen atoms in total. The SMILES string of the molecule is COc1cc(C=C2C(=O)N(c3ccccc3)N=C2C)ccc1OCCC(C)C. The Morgan fingerprint density at radius 1 is 1.11 bits per heavy atom. The van der Waals surface area contributed by atoms with Crippen molar-refractivity contribution >= 4 is 23.4 Å². The number of anilines is 1. The zero-order chi connectivity index (χ0) is 20.1. The van der Waals surface area contributed by atoms with Crippen LogP contribution in [0.5, 0.6) is 11.5 Å². The Labute approximate surface area is 166 Å². The fraction of sp³-hybridized carbons (Fsp3) is 0.304. The van der Waals surface area contributed by atoms with Crippen molar-refractivity contribution < 1.29 is 14.3 Å². The number of rotatable bonds is 7. The smallest absolute Gasteiger partial charge is 0.280 e. The van der Waals surface area contributed by atoms with Gasteiger partial charge in [-0.2, -0.15) is 10.1 Å². The van der Waals surface area contributed by atoms with Crippen LogP contribution in [-0.4, -0.2) is 25.3 Å². The molecule has 28 heavy (non-hydrogen) atoms. The molecule has 146 valence electrons. The van der Waals surface area contributed by atoms with E-state index in [4.69, 9.17) is 9.47 Å². The molecule has 5 heteroatoms. The lowest BCUT2D eigenvalue weighted by Gasteiger charge is -2.13. The maximum absolute atomic E-state index is 12.8. The maximum atomic E-state index is 12.8. The molecule has 0 saturated carbocycles. The zero-order valence-corrected chi connectivity index (χ0v) is 16.8. The molecule has 1 aliphatic rings. The lowest BCUT2D eigenvalue weighted by atomic mass is 10.1. The predicted octanol–water partition coefficient (Wildman–Crippen LogP) is 4.93. The molecule has 0 N–H and O–H groups in total. The monoisotopic (exact) mass is 378 g/mol. The first kappa shape index (κ1) is 19.7. The van der Waals surface area contributed by atoms with Gasteiger partial charge in [-0.3, -0.25) is 4.79 Å². The minimum atomic E-state index is -0.139. The predicted molar refractivity (Wildman–Crippen MR) is 113 cm³/mol. The highest BCUT2D eigenvalue weighted by molar-refractivity contribution is 6.32. The normalized spacial score (nSPS) is 15.3. The molecule has 0 aromatic heterocycles. The summed E-state index contributed by atoms with van der Waals surface area (Å²) in [5.74, 6) is 1.80. The van der Waals surface area contributed by atoms with Gasteiger partial charge < -0.3 is 9.47 Å². The van der Waals surface area contributed by atoms with E-state index in [1.54, 1.807) is 7.11 Å². The molecular formula is C23H26N2O3. The number of methoxy groups -OCH3 is 1. The number of ether oxygens (including phenoxy) is 2. The highest BCUT2D eigenvalue weighted by Crippen LogP contribution is 2.31. The number of amides is 1. The Bertz CT molecular complexity index is 901. The Kier molecular flexibility index (Phi) is 6.14. The number of hydrazone groups is 1. The van der Waals surface area contributed by atoms with Gasteiger partial charge in [0.15, 0.2) is 11.5 Å². The van der Waals surface area contributed by atoms with E-state index in [1.165, 1.54) is 5.01 Å². The van der Waals surface area contributed by atoms with E-state index in [-0.39, 0.29) is 5.91 Å². The molecule has 3 rings (SSSR count). The van der Waals surface area contributed by atoms with Crippen LogP contribution in [0.15, 0.2) is 59.2 Å². The first-order chi connectivity index (χ1) is 13.5. The minimum absolute atomic E-state index is 0.139. The summed E-state index contributed by atoms with van der Waals surface area (Å²) in [7, 11) is 1.62. The lowest BCUT2D eigenvalue weighted by molar-refractivity contribution is -0.114. The number of para-hydroxylation sites is 1. The van der Waals surface area contributed by atoms with E-state index < -0.39 is 0 Å². The van der Waals surface area contributed by atoms with Crippen LogP contribution in [0.2, 0.25) is 0 Å². The van der Waals surface area contributed by atoms with Gasteiger partial charge in [0.05, 0.1) is 30.7 Å². The second kappa shape index (κ2) is 8.74. The van der Waals surface area contributed by atoms with Gasteiger partial charge in [0.2, 0.25) is 0 Å². The highest BCUT2D eigenvalue weighted by Gasteiger charge is 2.28. The average molecular weight is 378 g/mol. The van der Waals surface area contributed by atoms with E-state index in [2.05, 4.69) is 18.9 Å². The third-order valence-corrected chi connectivity index (χ3v) is 4.51. The van der Waals surface area contributed by atoms with Crippen LogP contribution < -0.4 is 14.5 Å². The molecule has 1 amide bonds. The van der Waals surface area contributed by atoms with Crippen LogP contribution in [0.3, 0.4) is 0 Å². The van der Waals surface area contributed by atoms with Crippen molar-refractivity contribution in [2.24, 2.45) is 11.0 Å². The molecule has 2 aromatic rings. The van der Waals surface area contributed by atoms with Crippen LogP contribution in [-0.2, 0) is 4.79 Å². The number of hydrogen-bond donors (Lipinski definition) is 0. The fourth-order valence-corrected chi connectivity index (χ4v) is 2.89. The number of carbonyl (C=O) groups is 1. The average Bonchev–Trinajstić information content (AvgIpc) is 2.97. The topological polar surface area (TPSA) is 51.1 Å². The lowest BCUT2D eigenvalue weighted by Crippen LogP contribution is -2.21. The number of hydrogen-bond acceptors (Lipinski definition) is 4. The highest BCUT2D eigenvalue weighted by atomic mass is 16.5. The summed E-state index contributed by atoms with van der Waals surface area (Å²) in [5.41, 5.74) is 2.87. The molecular weight excluding hydrogens is 352 g/mol. The van der Waals surface area contributed by atoms with Gasteiger partial charge in [-0.05, 0) is 55.2 Å². The van der Waals surface area contributed by atoms with E-state index in [9.17, 15) is 4.79 Å². The molecule has 0 unspecified atom stereocenters.